The van der Waals surface area contributed by atoms with Gasteiger partial charge in [0.15, 0.2) is 0 Å². The molecule has 20 heteroatoms. The molecule has 0 spiro atoms. The molecule has 3 aromatic carbocycles. The number of amidine groups is 4. The summed E-state index contributed by atoms with van der Waals surface area (Å²) in [6.07, 6.45) is 0.623. The molecule has 0 aromatic heterocycles. The van der Waals surface area contributed by atoms with Crippen LogP contribution in [0.5, 0.6) is 0 Å². The summed E-state index contributed by atoms with van der Waals surface area (Å²) >= 11 is 20.9. The van der Waals surface area contributed by atoms with Crippen molar-refractivity contribution in [2.24, 2.45) is 46.5 Å². The van der Waals surface area contributed by atoms with E-state index in [2.05, 4.69) is 62.1 Å². The normalized spacial score (nSPS) is 13.4. The molecule has 0 fully saturated rings. The number of primary amides is 1. The average Bonchev–Trinajstić information content (AvgIpc) is 3.15. The molecule has 0 atom stereocenters. The van der Waals surface area contributed by atoms with E-state index in [0.29, 0.717) is 52.5 Å². The second kappa shape index (κ2) is 24.8. The summed E-state index contributed by atoms with van der Waals surface area (Å²) < 4.78 is 0. The molecule has 0 bridgehead atoms. The molecule has 3 aromatic rings. The van der Waals surface area contributed by atoms with Crippen molar-refractivity contribution in [3.63, 3.8) is 0 Å². The Bertz CT molecular complexity index is 1900. The number of nitrogens with zero attached hydrogens (tertiary/aromatic N) is 8. The molecule has 0 saturated carbocycles. The van der Waals surface area contributed by atoms with E-state index in [1.165, 1.54) is 0 Å². The van der Waals surface area contributed by atoms with Gasteiger partial charge in [-0.25, -0.2) is 0 Å². The zero-order valence-electron chi connectivity index (χ0n) is 28.7. The fourth-order valence-electron chi connectivity index (χ4n) is 3.99. The summed E-state index contributed by atoms with van der Waals surface area (Å²) in [5.74, 6) is -0.556. The number of nitrogens with two attached hydrogens (primary N) is 1. The van der Waals surface area contributed by atoms with Crippen LogP contribution in [0, 0.1) is 0 Å². The summed E-state index contributed by atoms with van der Waals surface area (Å²) in [6.45, 7) is 2.23. The topological polar surface area (TPSA) is 190 Å². The fraction of sp³-hybridized carbons (Fsp3) is 0.182. The van der Waals surface area contributed by atoms with Gasteiger partial charge in [0.25, 0.3) is 0 Å². The summed E-state index contributed by atoms with van der Waals surface area (Å²) in [5.41, 5.74) is 10.6. The van der Waals surface area contributed by atoms with Gasteiger partial charge in [0, 0.05) is 49.9 Å². The van der Waals surface area contributed by atoms with Gasteiger partial charge in [-0.05, 0) is 51.7 Å². The predicted molar refractivity (Wildman–Crippen MR) is 219 cm³/mol. The van der Waals surface area contributed by atoms with Crippen molar-refractivity contribution >= 4 is 99.9 Å². The Morgan fingerprint density at radius 1 is 0.547 bits per heavy atom. The van der Waals surface area contributed by atoms with Crippen LogP contribution in [-0.2, 0) is 91.1 Å². The van der Waals surface area contributed by atoms with Crippen LogP contribution in [-0.4, -0.2) is 77.1 Å². The number of amides is 1. The van der Waals surface area contributed by atoms with Crippen LogP contribution in [0.1, 0.15) is 39.5 Å². The average molecular weight is 885 g/mol. The number of hydrogen-bond acceptors (Lipinski definition) is 13. The van der Waals surface area contributed by atoms with Gasteiger partial charge >= 0.3 is 34.1 Å². The monoisotopic (exact) mass is 883 g/mol. The smallest absolute Gasteiger partial charge is 0.741 e. The summed E-state index contributed by atoms with van der Waals surface area (Å²) in [7, 11) is 4.97. The Labute approximate surface area is 352 Å². The summed E-state index contributed by atoms with van der Waals surface area (Å²) in [4.78, 5) is 11.7. The minimum atomic E-state index is -0.556. The SMILES string of the molecule is CN/C([S-])=N/N=C(C)/C(=N/N=C(\[S-])NC)c1ccc(CCN/C([S-])=N/N=C(/C(=N/N=C(\[S-])NC)c2ccccc2)c2ccc(C(N)=O)cc2)cc1.[Cu+2].[Cu+2]. The van der Waals surface area contributed by atoms with Crippen molar-refractivity contribution in [2.45, 2.75) is 13.3 Å². The van der Waals surface area contributed by atoms with Gasteiger partial charge in [-0.1, -0.05) is 66.7 Å². The standard InChI is InChI=1S/C33H39N13OS4.2Cu/c1-20(39-43-30(48)35-2)26(40-44-31(49)36-3)23-12-10-21(11-13-23)18-19-38-33(51)46-42-28(24-14-16-25(17-15-24)29(34)47)27(41-45-32(50)37-4)22-8-6-5-7-9-22;;/h5-17H,18-19H2,1-4H3,(H2,34,47)(H2,35,43,48)(H2,36,44,49)(H2,37,45,50)(H2,38,46,51);;/q;2*+2/p-4/b39-20+,40-26-,41-27+,42-28+;;. The third-order valence-corrected chi connectivity index (χ3v) is 7.71. The Morgan fingerprint density at radius 3 is 1.43 bits per heavy atom. The van der Waals surface area contributed by atoms with Crippen molar-refractivity contribution in [3.05, 3.63) is 107 Å². The molecule has 6 N–H and O–H groups in total. The Kier molecular flexibility index (Phi) is 21.8. The van der Waals surface area contributed by atoms with Gasteiger partial charge in [-0.3, -0.25) is 4.79 Å². The van der Waals surface area contributed by atoms with Crippen molar-refractivity contribution in [2.75, 3.05) is 27.7 Å². The zero-order chi connectivity index (χ0) is 37.2. The molecule has 53 heavy (non-hydrogen) atoms. The minimum Gasteiger partial charge on any atom is -0.741 e. The molecule has 0 aliphatic heterocycles. The Morgan fingerprint density at radius 2 is 0.943 bits per heavy atom. The minimum absolute atomic E-state index is 0. The van der Waals surface area contributed by atoms with E-state index in [1.54, 1.807) is 52.3 Å². The van der Waals surface area contributed by atoms with E-state index >= 15 is 0 Å². The summed E-state index contributed by atoms with van der Waals surface area (Å²) in [6, 6.07) is 23.6. The van der Waals surface area contributed by atoms with Crippen LogP contribution < -0.4 is 27.0 Å². The molecule has 1 amide bonds. The van der Waals surface area contributed by atoms with E-state index in [-0.39, 0.29) is 54.8 Å². The molecule has 284 valence electrons. The van der Waals surface area contributed by atoms with Crippen molar-refractivity contribution in [1.29, 1.82) is 0 Å². The van der Waals surface area contributed by atoms with Crippen molar-refractivity contribution < 1.29 is 38.9 Å². The number of carbonyl (C=O) groups excluding carboxylic acids is 1. The number of nitrogens with one attached hydrogen (secondary N) is 4. The Hall–Kier alpha value is -4.39. The van der Waals surface area contributed by atoms with Gasteiger partial charge in [-0.2, -0.15) is 25.5 Å². The molecular formula is C33H35Cu2N13OS4. The fourth-order valence-corrected chi connectivity index (χ4v) is 4.26. The van der Waals surface area contributed by atoms with Gasteiger partial charge < -0.3 is 77.5 Å². The molecule has 0 unspecified atom stereocenters. The number of carbonyl (C=O) groups is 1. The largest absolute Gasteiger partial charge is 2.00 e. The molecule has 0 aliphatic carbocycles. The first kappa shape index (κ1) is 46.6. The predicted octanol–water partition coefficient (Wildman–Crippen LogP) is 2.07. The zero-order valence-corrected chi connectivity index (χ0v) is 33.9. The van der Waals surface area contributed by atoms with E-state index in [9.17, 15) is 4.79 Å². The van der Waals surface area contributed by atoms with E-state index in [0.717, 1.165) is 11.1 Å². The van der Waals surface area contributed by atoms with Crippen molar-refractivity contribution in [3.8, 4) is 0 Å². The molecule has 0 aliphatic rings. The number of rotatable bonds is 13. The van der Waals surface area contributed by atoms with Crippen LogP contribution in [0.25, 0.3) is 0 Å². The maximum atomic E-state index is 11.7. The Balaban J connectivity index is 0.00000702. The second-order valence-electron chi connectivity index (χ2n) is 10.1. The van der Waals surface area contributed by atoms with Crippen LogP contribution in [0.15, 0.2) is 120 Å². The van der Waals surface area contributed by atoms with Gasteiger partial charge in [0.05, 0.1) is 5.71 Å². The van der Waals surface area contributed by atoms with Crippen LogP contribution in [0.4, 0.5) is 0 Å². The third kappa shape index (κ3) is 15.6. The quantitative estimate of drug-likeness (QED) is 0.0563. The third-order valence-electron chi connectivity index (χ3n) is 6.63. The number of benzene rings is 3. The van der Waals surface area contributed by atoms with Crippen LogP contribution in [0.2, 0.25) is 0 Å². The maximum absolute atomic E-state index is 11.7. The molecular weight excluding hydrogens is 850 g/mol. The molecule has 3 rings (SSSR count). The molecule has 2 radical (unpaired) electrons. The molecule has 14 nitrogen and oxygen atoms in total. The maximum Gasteiger partial charge on any atom is 2.00 e. The number of hydrogen-bond donors (Lipinski definition) is 5. The van der Waals surface area contributed by atoms with Crippen molar-refractivity contribution in [1.82, 2.24) is 21.3 Å². The van der Waals surface area contributed by atoms with E-state index in [4.69, 9.17) is 56.2 Å². The van der Waals surface area contributed by atoms with Gasteiger partial charge in [0.2, 0.25) is 5.91 Å². The first-order valence-electron chi connectivity index (χ1n) is 15.2. The first-order chi connectivity index (χ1) is 24.6. The van der Waals surface area contributed by atoms with Gasteiger partial charge in [0.1, 0.15) is 17.1 Å². The summed E-state index contributed by atoms with van der Waals surface area (Å²) in [5, 5.41) is 46.0. The van der Waals surface area contributed by atoms with Crippen LogP contribution in [0.3, 0.4) is 0 Å². The molecule has 0 saturated heterocycles. The van der Waals surface area contributed by atoms with E-state index < -0.39 is 5.91 Å². The second-order valence-corrected chi connectivity index (χ2v) is 11.6. The molecule has 0 heterocycles. The van der Waals surface area contributed by atoms with E-state index in [1.807, 2.05) is 54.6 Å². The van der Waals surface area contributed by atoms with Crippen LogP contribution >= 0.6 is 0 Å². The first-order valence-corrected chi connectivity index (χ1v) is 16.8. The van der Waals surface area contributed by atoms with Gasteiger partial charge in [-0.15, -0.1) is 15.3 Å².